The minimum Gasteiger partial charge on any atom is -0.398 e. The van der Waals surface area contributed by atoms with Gasteiger partial charge in [0.05, 0.1) is 0 Å². The van der Waals surface area contributed by atoms with E-state index in [1.54, 1.807) is 0 Å². The first-order valence-electron chi connectivity index (χ1n) is 17.9. The summed E-state index contributed by atoms with van der Waals surface area (Å²) < 4.78 is 0. The number of rotatable bonds is 5. The molecule has 0 amide bonds. The zero-order chi connectivity index (χ0) is 34.6. The molecule has 0 bridgehead atoms. The van der Waals surface area contributed by atoms with E-state index in [-0.39, 0.29) is 17.8 Å². The molecule has 0 saturated heterocycles. The van der Waals surface area contributed by atoms with Crippen molar-refractivity contribution < 1.29 is 0 Å². The van der Waals surface area contributed by atoms with Gasteiger partial charge in [0, 0.05) is 45.5 Å². The van der Waals surface area contributed by atoms with Gasteiger partial charge in [0.15, 0.2) is 0 Å². The maximum atomic E-state index is 6.97. The number of hydrogen-bond acceptors (Lipinski definition) is 2. The summed E-state index contributed by atoms with van der Waals surface area (Å²) in [6, 6.07) is 46.0. The summed E-state index contributed by atoms with van der Waals surface area (Å²) in [6.45, 7) is 6.47. The van der Waals surface area contributed by atoms with Crippen LogP contribution in [0.15, 0.2) is 175 Å². The summed E-state index contributed by atoms with van der Waals surface area (Å²) in [7, 11) is 0. The van der Waals surface area contributed by atoms with Crippen molar-refractivity contribution >= 4 is 60.0 Å². The van der Waals surface area contributed by atoms with Gasteiger partial charge >= 0.3 is 0 Å². The van der Waals surface area contributed by atoms with Crippen LogP contribution >= 0.6 is 0 Å². The van der Waals surface area contributed by atoms with Crippen molar-refractivity contribution in [2.24, 2.45) is 11.7 Å². The lowest BCUT2D eigenvalue weighted by Gasteiger charge is -2.37. The number of nitrogens with two attached hydrogens (primary N) is 2. The molecule has 7 aromatic carbocycles. The molecular formula is C49H40N2. The van der Waals surface area contributed by atoms with E-state index in [0.29, 0.717) is 0 Å². The van der Waals surface area contributed by atoms with Gasteiger partial charge in [-0.2, -0.15) is 0 Å². The molecule has 2 nitrogen and oxygen atoms in total. The van der Waals surface area contributed by atoms with Gasteiger partial charge in [0.25, 0.3) is 0 Å². The van der Waals surface area contributed by atoms with Crippen molar-refractivity contribution in [2.75, 3.05) is 5.73 Å². The molecule has 0 fully saturated rings. The number of anilines is 1. The number of allylic oxidation sites excluding steroid dienone is 8. The summed E-state index contributed by atoms with van der Waals surface area (Å²) in [5.41, 5.74) is 24.3. The normalized spacial score (nSPS) is 19.1. The van der Waals surface area contributed by atoms with Gasteiger partial charge in [-0.1, -0.05) is 152 Å². The molecule has 246 valence electrons. The highest BCUT2D eigenvalue weighted by atomic mass is 14.6. The first kappa shape index (κ1) is 30.9. The lowest BCUT2D eigenvalue weighted by Crippen LogP contribution is -2.25. The quantitative estimate of drug-likeness (QED) is 0.110. The van der Waals surface area contributed by atoms with E-state index in [9.17, 15) is 0 Å². The molecule has 2 heteroatoms. The Kier molecular flexibility index (Phi) is 7.47. The van der Waals surface area contributed by atoms with Gasteiger partial charge in [-0.05, 0) is 85.1 Å². The van der Waals surface area contributed by atoms with E-state index in [1.165, 1.54) is 60.2 Å². The minimum absolute atomic E-state index is 0.00256. The molecule has 3 unspecified atom stereocenters. The molecule has 2 aliphatic rings. The molecular weight excluding hydrogens is 617 g/mol. The zero-order valence-electron chi connectivity index (χ0n) is 28.8. The lowest BCUT2D eigenvalue weighted by molar-refractivity contribution is 0.641. The van der Waals surface area contributed by atoms with Crippen molar-refractivity contribution in [1.82, 2.24) is 0 Å². The number of fused-ring (bicyclic) bond motifs is 5. The van der Waals surface area contributed by atoms with Gasteiger partial charge in [-0.25, -0.2) is 0 Å². The average Bonchev–Trinajstić information content (AvgIpc) is 3.18. The van der Waals surface area contributed by atoms with Crippen LogP contribution in [0, 0.1) is 5.92 Å². The SMILES string of the molecule is C=CC1C(/C=C\C)=C(N)c2ccccc2C1C1=CC(c2c3ccccc3c(N)c3ccccc23)CC(c2c3ccccc3cc3ccccc23)=C1. The van der Waals surface area contributed by atoms with Crippen LogP contribution in [0.2, 0.25) is 0 Å². The molecule has 3 atom stereocenters. The third-order valence-corrected chi connectivity index (χ3v) is 11.2. The van der Waals surface area contributed by atoms with E-state index in [1.807, 2.05) is 0 Å². The molecule has 0 aliphatic heterocycles. The smallest absolute Gasteiger partial charge is 0.0473 e. The number of nitrogen functional groups attached to an aromatic ring is 1. The number of benzene rings is 7. The van der Waals surface area contributed by atoms with Crippen molar-refractivity contribution in [3.05, 3.63) is 198 Å². The molecule has 0 heterocycles. The second-order valence-corrected chi connectivity index (χ2v) is 14.0. The summed E-state index contributed by atoms with van der Waals surface area (Å²) in [4.78, 5) is 0. The fraction of sp³-hybridized carbons (Fsp3) is 0.102. The van der Waals surface area contributed by atoms with Crippen LogP contribution in [0.5, 0.6) is 0 Å². The highest BCUT2D eigenvalue weighted by molar-refractivity contribution is 6.14. The summed E-state index contributed by atoms with van der Waals surface area (Å²) in [5.74, 6) is 0.115. The Morgan fingerprint density at radius 3 is 1.82 bits per heavy atom. The van der Waals surface area contributed by atoms with E-state index >= 15 is 0 Å². The molecule has 4 N–H and O–H groups in total. The van der Waals surface area contributed by atoms with Gasteiger partial charge < -0.3 is 11.5 Å². The van der Waals surface area contributed by atoms with Crippen LogP contribution in [0.3, 0.4) is 0 Å². The maximum absolute atomic E-state index is 6.97. The van der Waals surface area contributed by atoms with Crippen LogP contribution in [0.25, 0.3) is 54.4 Å². The Morgan fingerprint density at radius 2 is 1.22 bits per heavy atom. The van der Waals surface area contributed by atoms with E-state index in [4.69, 9.17) is 11.5 Å². The molecule has 0 spiro atoms. The van der Waals surface area contributed by atoms with Crippen molar-refractivity contribution in [1.29, 1.82) is 0 Å². The Morgan fingerprint density at radius 1 is 0.667 bits per heavy atom. The van der Waals surface area contributed by atoms with Crippen LogP contribution in [0.4, 0.5) is 5.69 Å². The third-order valence-electron chi connectivity index (χ3n) is 11.2. The standard InChI is InChI=1S/C49H40N2/c1-3-15-41-35(4-2)45(38-20-9-12-23-42(38)48(41)50)32-27-33(46-36-18-7-5-16-30(36)26-31-17-6-8-19-37(31)46)29-34(28-32)47-39-21-10-13-24-43(39)49(51)44-25-14-11-22-40(44)47/h3-28,34-35,45H,2,29,50-51H2,1H3/b15-3-. The van der Waals surface area contributed by atoms with Crippen molar-refractivity contribution in [3.8, 4) is 0 Å². The molecule has 7 aromatic rings. The van der Waals surface area contributed by atoms with E-state index < -0.39 is 0 Å². The zero-order valence-corrected chi connectivity index (χ0v) is 28.8. The second kappa shape index (κ2) is 12.3. The molecule has 0 aromatic heterocycles. The van der Waals surface area contributed by atoms with Gasteiger partial charge in [0.1, 0.15) is 0 Å². The fourth-order valence-corrected chi connectivity index (χ4v) is 9.10. The Bertz CT molecular complexity index is 2570. The van der Waals surface area contributed by atoms with Crippen molar-refractivity contribution in [3.63, 3.8) is 0 Å². The minimum atomic E-state index is 0.00256. The summed E-state index contributed by atoms with van der Waals surface area (Å²) in [5, 5.41) is 9.68. The molecule has 0 saturated carbocycles. The first-order chi connectivity index (χ1) is 25.1. The summed E-state index contributed by atoms with van der Waals surface area (Å²) >= 11 is 0. The lowest BCUT2D eigenvalue weighted by atomic mass is 9.67. The van der Waals surface area contributed by atoms with Crippen LogP contribution in [0.1, 0.15) is 47.4 Å². The topological polar surface area (TPSA) is 52.0 Å². The van der Waals surface area contributed by atoms with Crippen molar-refractivity contribution in [2.45, 2.75) is 25.2 Å². The van der Waals surface area contributed by atoms with Crippen LogP contribution < -0.4 is 11.5 Å². The third kappa shape index (κ3) is 4.86. The van der Waals surface area contributed by atoms with Crippen LogP contribution in [-0.4, -0.2) is 0 Å². The highest BCUT2D eigenvalue weighted by Crippen LogP contribution is 2.52. The maximum Gasteiger partial charge on any atom is 0.0473 e. The highest BCUT2D eigenvalue weighted by Gasteiger charge is 2.36. The predicted molar refractivity (Wildman–Crippen MR) is 220 cm³/mol. The molecule has 9 rings (SSSR count). The van der Waals surface area contributed by atoms with Gasteiger partial charge in [-0.3, -0.25) is 0 Å². The fourth-order valence-electron chi connectivity index (χ4n) is 9.10. The summed E-state index contributed by atoms with van der Waals surface area (Å²) in [6.07, 6.45) is 12.3. The first-order valence-corrected chi connectivity index (χ1v) is 17.9. The molecule has 2 aliphatic carbocycles. The van der Waals surface area contributed by atoms with Crippen LogP contribution in [-0.2, 0) is 0 Å². The van der Waals surface area contributed by atoms with Gasteiger partial charge in [-0.15, -0.1) is 6.58 Å². The monoisotopic (exact) mass is 656 g/mol. The van der Waals surface area contributed by atoms with E-state index in [0.717, 1.165) is 39.7 Å². The van der Waals surface area contributed by atoms with E-state index in [2.05, 4.69) is 171 Å². The Balaban J connectivity index is 1.38. The Labute approximate surface area is 299 Å². The molecule has 51 heavy (non-hydrogen) atoms. The van der Waals surface area contributed by atoms with Gasteiger partial charge in [0.2, 0.25) is 0 Å². The predicted octanol–water partition coefficient (Wildman–Crippen LogP) is 12.2. The largest absolute Gasteiger partial charge is 0.398 e. The Hall–Kier alpha value is -6.12. The average molecular weight is 657 g/mol. The second-order valence-electron chi connectivity index (χ2n) is 14.0. The molecule has 0 radical (unpaired) electrons. The number of hydrogen-bond donors (Lipinski definition) is 2.